The summed E-state index contributed by atoms with van der Waals surface area (Å²) in [6.45, 7) is 0.102. The van der Waals surface area contributed by atoms with Crippen LogP contribution in [0.4, 0.5) is 0 Å². The van der Waals surface area contributed by atoms with Gasteiger partial charge in [0.2, 0.25) is 0 Å². The molecule has 0 aliphatic rings. The zero-order valence-electron chi connectivity index (χ0n) is 10.4. The summed E-state index contributed by atoms with van der Waals surface area (Å²) in [7, 11) is 0. The first-order valence-electron chi connectivity index (χ1n) is 6.26. The van der Waals surface area contributed by atoms with Crippen molar-refractivity contribution in [2.24, 2.45) is 11.7 Å². The maximum Gasteiger partial charge on any atom is 0.0480 e. The standard InChI is InChI=1S/C16H19NO/c17-16(14-9-5-2-6-10-14)15(12-18)11-13-7-3-1-4-8-13/h1-10,15-16,18H,11-12,17H2/t15-,16-/m0/s1. The molecule has 3 N–H and O–H groups in total. The molecule has 0 bridgehead atoms. The SMILES string of the molecule is N[C@@H](c1ccccc1)[C@H](CO)Cc1ccccc1. The van der Waals surface area contributed by atoms with Crippen LogP contribution >= 0.6 is 0 Å². The molecule has 0 radical (unpaired) electrons. The largest absolute Gasteiger partial charge is 0.396 e. The Hall–Kier alpha value is -1.64. The fraction of sp³-hybridized carbons (Fsp3) is 0.250. The molecule has 0 aliphatic heterocycles. The van der Waals surface area contributed by atoms with Gasteiger partial charge < -0.3 is 10.8 Å². The molecule has 0 spiro atoms. The predicted molar refractivity (Wildman–Crippen MR) is 74.1 cm³/mol. The number of hydrogen-bond acceptors (Lipinski definition) is 2. The monoisotopic (exact) mass is 241 g/mol. The fourth-order valence-electron chi connectivity index (χ4n) is 2.17. The third kappa shape index (κ3) is 3.19. The second kappa shape index (κ2) is 6.34. The Morgan fingerprint density at radius 3 is 2.00 bits per heavy atom. The maximum atomic E-state index is 9.54. The topological polar surface area (TPSA) is 46.2 Å². The summed E-state index contributed by atoms with van der Waals surface area (Å²) in [5.41, 5.74) is 8.53. The third-order valence-corrected chi connectivity index (χ3v) is 3.27. The molecule has 0 unspecified atom stereocenters. The molecule has 0 fully saturated rings. The van der Waals surface area contributed by atoms with Gasteiger partial charge in [0.05, 0.1) is 0 Å². The zero-order chi connectivity index (χ0) is 12.8. The van der Waals surface area contributed by atoms with E-state index in [2.05, 4.69) is 12.1 Å². The molecule has 2 nitrogen and oxygen atoms in total. The molecule has 18 heavy (non-hydrogen) atoms. The molecule has 2 atom stereocenters. The Kier molecular flexibility index (Phi) is 4.51. The highest BCUT2D eigenvalue weighted by molar-refractivity contribution is 5.21. The summed E-state index contributed by atoms with van der Waals surface area (Å²) in [5, 5.41) is 9.54. The third-order valence-electron chi connectivity index (χ3n) is 3.27. The molecule has 2 aromatic carbocycles. The van der Waals surface area contributed by atoms with Gasteiger partial charge in [-0.05, 0) is 17.5 Å². The molecule has 2 heteroatoms. The van der Waals surface area contributed by atoms with Crippen molar-refractivity contribution in [2.45, 2.75) is 12.5 Å². The minimum absolute atomic E-state index is 0.0507. The van der Waals surface area contributed by atoms with Crippen molar-refractivity contribution < 1.29 is 5.11 Å². The number of benzene rings is 2. The maximum absolute atomic E-state index is 9.54. The van der Waals surface area contributed by atoms with Crippen molar-refractivity contribution in [3.63, 3.8) is 0 Å². The fourth-order valence-corrected chi connectivity index (χ4v) is 2.17. The average Bonchev–Trinajstić information content (AvgIpc) is 2.46. The lowest BCUT2D eigenvalue weighted by molar-refractivity contribution is 0.204. The number of rotatable bonds is 5. The summed E-state index contributed by atoms with van der Waals surface area (Å²) in [6.07, 6.45) is 0.799. The van der Waals surface area contributed by atoms with Crippen LogP contribution in [0, 0.1) is 5.92 Å². The smallest absolute Gasteiger partial charge is 0.0480 e. The van der Waals surface area contributed by atoms with Crippen LogP contribution in [0.25, 0.3) is 0 Å². The number of aliphatic hydroxyl groups is 1. The average molecular weight is 241 g/mol. The van der Waals surface area contributed by atoms with E-state index in [9.17, 15) is 5.11 Å². The van der Waals surface area contributed by atoms with E-state index in [1.165, 1.54) is 5.56 Å². The van der Waals surface area contributed by atoms with E-state index >= 15 is 0 Å². The molecule has 2 aromatic rings. The molecule has 0 saturated carbocycles. The summed E-state index contributed by atoms with van der Waals surface area (Å²) in [5.74, 6) is 0.0507. The minimum Gasteiger partial charge on any atom is -0.396 e. The van der Waals surface area contributed by atoms with Crippen LogP contribution in [-0.4, -0.2) is 11.7 Å². The molecule has 94 valence electrons. The van der Waals surface area contributed by atoms with Crippen LogP contribution in [0.3, 0.4) is 0 Å². The second-order valence-electron chi connectivity index (χ2n) is 4.57. The second-order valence-corrected chi connectivity index (χ2v) is 4.57. The van der Waals surface area contributed by atoms with Gasteiger partial charge in [0, 0.05) is 18.6 Å². The highest BCUT2D eigenvalue weighted by atomic mass is 16.3. The van der Waals surface area contributed by atoms with Crippen LogP contribution < -0.4 is 5.73 Å². The van der Waals surface area contributed by atoms with Gasteiger partial charge in [-0.15, -0.1) is 0 Å². The minimum atomic E-state index is -0.128. The van der Waals surface area contributed by atoms with E-state index in [0.29, 0.717) is 0 Å². The van der Waals surface area contributed by atoms with E-state index in [0.717, 1.165) is 12.0 Å². The number of aliphatic hydroxyl groups excluding tert-OH is 1. The highest BCUT2D eigenvalue weighted by Gasteiger charge is 2.18. The lowest BCUT2D eigenvalue weighted by atomic mass is 9.89. The van der Waals surface area contributed by atoms with E-state index in [4.69, 9.17) is 5.73 Å². The quantitative estimate of drug-likeness (QED) is 0.845. The van der Waals surface area contributed by atoms with Crippen LogP contribution in [0.5, 0.6) is 0 Å². The molecule has 0 heterocycles. The summed E-state index contributed by atoms with van der Waals surface area (Å²) in [6, 6.07) is 20.0. The van der Waals surface area contributed by atoms with Gasteiger partial charge in [0.1, 0.15) is 0 Å². The Balaban J connectivity index is 2.09. The number of nitrogens with two attached hydrogens (primary N) is 1. The Labute approximate surface area is 108 Å². The van der Waals surface area contributed by atoms with Gasteiger partial charge in [-0.3, -0.25) is 0 Å². The first kappa shape index (κ1) is 12.8. The van der Waals surface area contributed by atoms with Crippen molar-refractivity contribution in [3.8, 4) is 0 Å². The van der Waals surface area contributed by atoms with E-state index in [-0.39, 0.29) is 18.6 Å². The van der Waals surface area contributed by atoms with Crippen molar-refractivity contribution in [2.75, 3.05) is 6.61 Å². The Morgan fingerprint density at radius 1 is 0.889 bits per heavy atom. The first-order chi connectivity index (χ1) is 8.81. The molecule has 0 aliphatic carbocycles. The van der Waals surface area contributed by atoms with Gasteiger partial charge >= 0.3 is 0 Å². The van der Waals surface area contributed by atoms with Gasteiger partial charge in [0.15, 0.2) is 0 Å². The number of hydrogen-bond donors (Lipinski definition) is 2. The molecule has 0 saturated heterocycles. The molecular weight excluding hydrogens is 222 g/mol. The van der Waals surface area contributed by atoms with E-state index in [1.54, 1.807) is 0 Å². The van der Waals surface area contributed by atoms with Gasteiger partial charge in [0.25, 0.3) is 0 Å². The predicted octanol–water partition coefficient (Wildman–Crippen LogP) is 2.54. The highest BCUT2D eigenvalue weighted by Crippen LogP contribution is 2.22. The van der Waals surface area contributed by atoms with Crippen LogP contribution in [0.1, 0.15) is 17.2 Å². The molecule has 0 amide bonds. The van der Waals surface area contributed by atoms with Crippen molar-refractivity contribution in [3.05, 3.63) is 71.8 Å². The lowest BCUT2D eigenvalue weighted by Gasteiger charge is -2.22. The van der Waals surface area contributed by atoms with Gasteiger partial charge in [-0.1, -0.05) is 60.7 Å². The molecule has 0 aromatic heterocycles. The summed E-state index contributed by atoms with van der Waals surface area (Å²) >= 11 is 0. The van der Waals surface area contributed by atoms with Crippen LogP contribution in [-0.2, 0) is 6.42 Å². The lowest BCUT2D eigenvalue weighted by Crippen LogP contribution is -2.26. The van der Waals surface area contributed by atoms with Gasteiger partial charge in [-0.2, -0.15) is 0 Å². The van der Waals surface area contributed by atoms with Crippen LogP contribution in [0.2, 0.25) is 0 Å². The van der Waals surface area contributed by atoms with Crippen molar-refractivity contribution >= 4 is 0 Å². The van der Waals surface area contributed by atoms with E-state index in [1.807, 2.05) is 48.5 Å². The van der Waals surface area contributed by atoms with Crippen LogP contribution in [0.15, 0.2) is 60.7 Å². The normalized spacial score (nSPS) is 14.1. The van der Waals surface area contributed by atoms with E-state index < -0.39 is 0 Å². The summed E-state index contributed by atoms with van der Waals surface area (Å²) in [4.78, 5) is 0. The van der Waals surface area contributed by atoms with Gasteiger partial charge in [-0.25, -0.2) is 0 Å². The molecular formula is C16H19NO. The Morgan fingerprint density at radius 2 is 1.44 bits per heavy atom. The molecule has 2 rings (SSSR count). The van der Waals surface area contributed by atoms with Crippen molar-refractivity contribution in [1.82, 2.24) is 0 Å². The zero-order valence-corrected chi connectivity index (χ0v) is 10.4. The van der Waals surface area contributed by atoms with Crippen molar-refractivity contribution in [1.29, 1.82) is 0 Å². The summed E-state index contributed by atoms with van der Waals surface area (Å²) < 4.78 is 0. The first-order valence-corrected chi connectivity index (χ1v) is 6.26. The Bertz CT molecular complexity index is 455.